The molecule has 1 saturated heterocycles. The molecule has 0 saturated carbocycles. The number of rotatable bonds is 6. The van der Waals surface area contributed by atoms with Gasteiger partial charge in [0.05, 0.1) is 0 Å². The third kappa shape index (κ3) is 5.28. The van der Waals surface area contributed by atoms with Crippen molar-refractivity contribution in [1.82, 2.24) is 9.80 Å². The van der Waals surface area contributed by atoms with Crippen molar-refractivity contribution in [2.45, 2.75) is 12.5 Å². The van der Waals surface area contributed by atoms with Crippen LogP contribution in [0.2, 0.25) is 0 Å². The number of halogens is 2. The molecule has 4 heteroatoms. The van der Waals surface area contributed by atoms with Gasteiger partial charge < -0.3 is 0 Å². The zero-order valence-electron chi connectivity index (χ0n) is 16.5. The number of piperazine rings is 1. The molecule has 0 aliphatic carbocycles. The normalized spacial score (nSPS) is 15.7. The molecule has 2 nitrogen and oxygen atoms in total. The standard InChI is InChI=1S/C25H26F2N2/c26-23-10-6-21(7-11-23)25(22-8-12-24(27)13-9-22)19-29-16-14-28(15-17-29)18-20-4-2-1-3-5-20/h1-13,25H,14-19H2. The van der Waals surface area contributed by atoms with Gasteiger partial charge in [-0.25, -0.2) is 8.78 Å². The molecule has 0 amide bonds. The van der Waals surface area contributed by atoms with E-state index >= 15 is 0 Å². The van der Waals surface area contributed by atoms with Gasteiger partial charge in [-0.1, -0.05) is 54.6 Å². The summed E-state index contributed by atoms with van der Waals surface area (Å²) >= 11 is 0. The average molecular weight is 392 g/mol. The van der Waals surface area contributed by atoms with Gasteiger partial charge in [-0.15, -0.1) is 0 Å². The van der Waals surface area contributed by atoms with Gasteiger partial charge in [0.15, 0.2) is 0 Å². The SMILES string of the molecule is Fc1ccc(C(CN2CCN(Cc3ccccc3)CC2)c2ccc(F)cc2)cc1. The van der Waals surface area contributed by atoms with Crippen molar-refractivity contribution >= 4 is 0 Å². The molecule has 4 rings (SSSR count). The smallest absolute Gasteiger partial charge is 0.123 e. The molecule has 29 heavy (non-hydrogen) atoms. The lowest BCUT2D eigenvalue weighted by molar-refractivity contribution is 0.124. The van der Waals surface area contributed by atoms with Gasteiger partial charge in [-0.05, 0) is 41.0 Å². The quantitative estimate of drug-likeness (QED) is 0.588. The summed E-state index contributed by atoms with van der Waals surface area (Å²) in [6.45, 7) is 5.85. The van der Waals surface area contributed by atoms with Crippen molar-refractivity contribution in [2.75, 3.05) is 32.7 Å². The lowest BCUT2D eigenvalue weighted by atomic mass is 9.90. The van der Waals surface area contributed by atoms with Gasteiger partial charge >= 0.3 is 0 Å². The Hall–Kier alpha value is -2.56. The van der Waals surface area contributed by atoms with Crippen LogP contribution in [0.25, 0.3) is 0 Å². The monoisotopic (exact) mass is 392 g/mol. The van der Waals surface area contributed by atoms with Crippen molar-refractivity contribution in [3.8, 4) is 0 Å². The summed E-state index contributed by atoms with van der Waals surface area (Å²) in [5, 5.41) is 0. The Balaban J connectivity index is 1.43. The van der Waals surface area contributed by atoms with Crippen LogP contribution < -0.4 is 0 Å². The van der Waals surface area contributed by atoms with E-state index < -0.39 is 0 Å². The van der Waals surface area contributed by atoms with E-state index in [1.165, 1.54) is 29.8 Å². The molecule has 0 bridgehead atoms. The molecule has 150 valence electrons. The van der Waals surface area contributed by atoms with Gasteiger partial charge in [0.25, 0.3) is 0 Å². The van der Waals surface area contributed by atoms with Crippen molar-refractivity contribution in [3.63, 3.8) is 0 Å². The molecule has 0 N–H and O–H groups in total. The Kier molecular flexibility index (Phi) is 6.33. The Morgan fingerprint density at radius 2 is 1.10 bits per heavy atom. The summed E-state index contributed by atoms with van der Waals surface area (Å²) in [7, 11) is 0. The van der Waals surface area contributed by atoms with Crippen LogP contribution in [0.1, 0.15) is 22.6 Å². The number of hydrogen-bond acceptors (Lipinski definition) is 2. The molecule has 0 aromatic heterocycles. The predicted molar refractivity (Wildman–Crippen MR) is 113 cm³/mol. The van der Waals surface area contributed by atoms with Gasteiger partial charge in [0.2, 0.25) is 0 Å². The van der Waals surface area contributed by atoms with Crippen molar-refractivity contribution in [2.24, 2.45) is 0 Å². The summed E-state index contributed by atoms with van der Waals surface area (Å²) in [6, 6.07) is 23.9. The maximum absolute atomic E-state index is 13.4. The second-order valence-electron chi connectivity index (χ2n) is 7.72. The summed E-state index contributed by atoms with van der Waals surface area (Å²) in [5.41, 5.74) is 3.46. The van der Waals surface area contributed by atoms with Crippen molar-refractivity contribution < 1.29 is 8.78 Å². The van der Waals surface area contributed by atoms with Crippen LogP contribution in [0.3, 0.4) is 0 Å². The van der Waals surface area contributed by atoms with E-state index in [0.717, 1.165) is 50.4 Å². The number of benzene rings is 3. The largest absolute Gasteiger partial charge is 0.300 e. The lowest BCUT2D eigenvalue weighted by Gasteiger charge is -2.36. The highest BCUT2D eigenvalue weighted by Gasteiger charge is 2.22. The molecular formula is C25H26F2N2. The van der Waals surface area contributed by atoms with Crippen LogP contribution in [-0.2, 0) is 6.54 Å². The first-order chi connectivity index (χ1) is 14.2. The molecule has 1 fully saturated rings. The summed E-state index contributed by atoms with van der Waals surface area (Å²) < 4.78 is 26.8. The van der Waals surface area contributed by atoms with E-state index in [1.807, 2.05) is 30.3 Å². The lowest BCUT2D eigenvalue weighted by Crippen LogP contribution is -2.47. The zero-order valence-corrected chi connectivity index (χ0v) is 16.5. The molecule has 3 aromatic carbocycles. The topological polar surface area (TPSA) is 6.48 Å². The van der Waals surface area contributed by atoms with E-state index in [-0.39, 0.29) is 17.6 Å². The first kappa shape index (κ1) is 19.7. The first-order valence-electron chi connectivity index (χ1n) is 10.2. The van der Waals surface area contributed by atoms with E-state index in [2.05, 4.69) is 34.1 Å². The number of hydrogen-bond donors (Lipinski definition) is 0. The van der Waals surface area contributed by atoms with Crippen LogP contribution in [-0.4, -0.2) is 42.5 Å². The second kappa shape index (κ2) is 9.29. The van der Waals surface area contributed by atoms with E-state index in [1.54, 1.807) is 0 Å². The predicted octanol–water partition coefficient (Wildman–Crippen LogP) is 4.91. The highest BCUT2D eigenvalue weighted by Crippen LogP contribution is 2.27. The van der Waals surface area contributed by atoms with Gasteiger partial charge in [0.1, 0.15) is 11.6 Å². The Morgan fingerprint density at radius 3 is 1.62 bits per heavy atom. The molecule has 0 atom stereocenters. The fourth-order valence-corrected chi connectivity index (χ4v) is 4.02. The molecular weight excluding hydrogens is 366 g/mol. The maximum Gasteiger partial charge on any atom is 0.123 e. The van der Waals surface area contributed by atoms with E-state index in [0.29, 0.717) is 0 Å². The molecule has 0 spiro atoms. The highest BCUT2D eigenvalue weighted by molar-refractivity contribution is 5.33. The Morgan fingerprint density at radius 1 is 0.621 bits per heavy atom. The van der Waals surface area contributed by atoms with E-state index in [4.69, 9.17) is 0 Å². The van der Waals surface area contributed by atoms with Gasteiger partial charge in [-0.3, -0.25) is 9.80 Å². The zero-order chi connectivity index (χ0) is 20.1. The number of nitrogens with zero attached hydrogens (tertiary/aromatic N) is 2. The molecule has 1 aliphatic rings. The van der Waals surface area contributed by atoms with Gasteiger partial charge in [-0.2, -0.15) is 0 Å². The Bertz CT molecular complexity index is 841. The average Bonchev–Trinajstić information content (AvgIpc) is 2.75. The fourth-order valence-electron chi connectivity index (χ4n) is 4.02. The van der Waals surface area contributed by atoms with E-state index in [9.17, 15) is 8.78 Å². The van der Waals surface area contributed by atoms with Crippen molar-refractivity contribution in [3.05, 3.63) is 107 Å². The molecule has 1 aliphatic heterocycles. The fraction of sp³-hybridized carbons (Fsp3) is 0.280. The summed E-state index contributed by atoms with van der Waals surface area (Å²) in [5.74, 6) is -0.376. The molecule has 3 aromatic rings. The minimum absolute atomic E-state index is 0.0943. The van der Waals surface area contributed by atoms with Crippen LogP contribution in [0, 0.1) is 11.6 Å². The van der Waals surface area contributed by atoms with Gasteiger partial charge in [0, 0.05) is 45.2 Å². The summed E-state index contributed by atoms with van der Waals surface area (Å²) in [6.07, 6.45) is 0. The third-order valence-electron chi connectivity index (χ3n) is 5.70. The third-order valence-corrected chi connectivity index (χ3v) is 5.70. The molecule has 0 unspecified atom stereocenters. The first-order valence-corrected chi connectivity index (χ1v) is 10.2. The van der Waals surface area contributed by atoms with Crippen LogP contribution in [0.15, 0.2) is 78.9 Å². The second-order valence-corrected chi connectivity index (χ2v) is 7.72. The van der Waals surface area contributed by atoms with Crippen molar-refractivity contribution in [1.29, 1.82) is 0 Å². The molecule has 1 heterocycles. The minimum atomic E-state index is -0.235. The molecule has 0 radical (unpaired) electrons. The Labute approximate surface area is 171 Å². The van der Waals surface area contributed by atoms with Crippen LogP contribution in [0.5, 0.6) is 0 Å². The highest BCUT2D eigenvalue weighted by atomic mass is 19.1. The summed E-state index contributed by atoms with van der Waals surface area (Å²) in [4.78, 5) is 4.94. The maximum atomic E-state index is 13.4. The van der Waals surface area contributed by atoms with Crippen LogP contribution >= 0.6 is 0 Å². The van der Waals surface area contributed by atoms with Crippen LogP contribution in [0.4, 0.5) is 8.78 Å². The minimum Gasteiger partial charge on any atom is -0.300 e.